The van der Waals surface area contributed by atoms with Crippen molar-refractivity contribution in [2.24, 2.45) is 11.8 Å². The van der Waals surface area contributed by atoms with Crippen molar-refractivity contribution in [2.45, 2.75) is 58.4 Å². The van der Waals surface area contributed by atoms with E-state index in [0.29, 0.717) is 17.7 Å². The van der Waals surface area contributed by atoms with Gasteiger partial charge in [-0.3, -0.25) is 0 Å². The van der Waals surface area contributed by atoms with E-state index in [9.17, 15) is 8.42 Å². The summed E-state index contributed by atoms with van der Waals surface area (Å²) in [7, 11) is -2.84. The van der Waals surface area contributed by atoms with Crippen molar-refractivity contribution in [1.29, 1.82) is 0 Å². The summed E-state index contributed by atoms with van der Waals surface area (Å²) in [5.41, 5.74) is 0. The van der Waals surface area contributed by atoms with E-state index in [1.165, 1.54) is 31.9 Å². The van der Waals surface area contributed by atoms with Crippen LogP contribution in [-0.4, -0.2) is 33.0 Å². The third-order valence-corrected chi connectivity index (χ3v) is 4.98. The van der Waals surface area contributed by atoms with Gasteiger partial charge in [0.2, 0.25) is 0 Å². The fourth-order valence-corrected chi connectivity index (χ4v) is 3.70. The summed E-state index contributed by atoms with van der Waals surface area (Å²) in [4.78, 5) is 0. The highest BCUT2D eigenvalue weighted by Crippen LogP contribution is 2.31. The lowest BCUT2D eigenvalue weighted by Crippen LogP contribution is -2.40. The lowest BCUT2D eigenvalue weighted by molar-refractivity contribution is 0.219. The summed E-state index contributed by atoms with van der Waals surface area (Å²) in [5, 5.41) is 3.57. The third kappa shape index (κ3) is 6.19. The second-order valence-electron chi connectivity index (χ2n) is 6.01. The summed E-state index contributed by atoms with van der Waals surface area (Å²) in [6, 6.07) is 0.391. The molecule has 1 N–H and O–H groups in total. The monoisotopic (exact) mass is 275 g/mol. The van der Waals surface area contributed by atoms with Crippen LogP contribution in [0.2, 0.25) is 0 Å². The van der Waals surface area contributed by atoms with Gasteiger partial charge in [0, 0.05) is 12.3 Å². The van der Waals surface area contributed by atoms with Crippen molar-refractivity contribution in [3.63, 3.8) is 0 Å². The van der Waals surface area contributed by atoms with Crippen molar-refractivity contribution in [3.05, 3.63) is 0 Å². The molecule has 0 spiro atoms. The number of hydrogen-bond donors (Lipinski definition) is 1. The largest absolute Gasteiger partial charge is 0.314 e. The predicted molar refractivity (Wildman–Crippen MR) is 77.5 cm³/mol. The summed E-state index contributed by atoms with van der Waals surface area (Å²) in [6.07, 6.45) is 8.37. The first-order valence-corrected chi connectivity index (χ1v) is 9.39. The van der Waals surface area contributed by atoms with Gasteiger partial charge < -0.3 is 5.32 Å². The molecule has 1 aliphatic rings. The first-order valence-electron chi connectivity index (χ1n) is 7.33. The van der Waals surface area contributed by atoms with Gasteiger partial charge in [0.15, 0.2) is 0 Å². The van der Waals surface area contributed by atoms with Gasteiger partial charge in [0.05, 0.1) is 5.75 Å². The Labute approximate surface area is 113 Å². The minimum atomic E-state index is -2.84. The maximum absolute atomic E-state index is 11.3. The fraction of sp³-hybridized carbons (Fsp3) is 1.00. The second kappa shape index (κ2) is 7.49. The zero-order valence-corrected chi connectivity index (χ0v) is 12.9. The average Bonchev–Trinajstić information content (AvgIpc) is 2.28. The highest BCUT2D eigenvalue weighted by Gasteiger charge is 2.26. The van der Waals surface area contributed by atoms with E-state index in [-0.39, 0.29) is 0 Å². The van der Waals surface area contributed by atoms with Gasteiger partial charge in [0.25, 0.3) is 0 Å². The predicted octanol–water partition coefficient (Wildman–Crippen LogP) is 2.62. The lowest BCUT2D eigenvalue weighted by atomic mass is 9.78. The lowest BCUT2D eigenvalue weighted by Gasteiger charge is -2.34. The molecule has 4 heteroatoms. The molecule has 0 aromatic rings. The van der Waals surface area contributed by atoms with Crippen molar-refractivity contribution >= 4 is 9.84 Å². The van der Waals surface area contributed by atoms with Crippen LogP contribution in [0.25, 0.3) is 0 Å². The molecule has 3 atom stereocenters. The van der Waals surface area contributed by atoms with Gasteiger partial charge in [-0.05, 0) is 44.1 Å². The quantitative estimate of drug-likeness (QED) is 0.777. The molecule has 0 heterocycles. The van der Waals surface area contributed by atoms with Crippen LogP contribution >= 0.6 is 0 Å². The molecule has 0 bridgehead atoms. The van der Waals surface area contributed by atoms with Crippen LogP contribution in [0.4, 0.5) is 0 Å². The molecule has 0 saturated heterocycles. The van der Waals surface area contributed by atoms with E-state index in [1.54, 1.807) is 0 Å². The van der Waals surface area contributed by atoms with Gasteiger partial charge in [0.1, 0.15) is 9.84 Å². The van der Waals surface area contributed by atoms with Crippen LogP contribution in [0, 0.1) is 11.8 Å². The van der Waals surface area contributed by atoms with Crippen LogP contribution in [0.15, 0.2) is 0 Å². The second-order valence-corrected chi connectivity index (χ2v) is 8.27. The first kappa shape index (κ1) is 16.0. The molecule has 0 amide bonds. The Morgan fingerprint density at radius 1 is 1.33 bits per heavy atom. The number of hydrogen-bond acceptors (Lipinski definition) is 3. The van der Waals surface area contributed by atoms with Crippen molar-refractivity contribution in [2.75, 3.05) is 18.6 Å². The van der Waals surface area contributed by atoms with Gasteiger partial charge in [-0.25, -0.2) is 8.42 Å². The molecule has 3 unspecified atom stereocenters. The van der Waals surface area contributed by atoms with Crippen LogP contribution in [-0.2, 0) is 9.84 Å². The molecule has 1 rings (SSSR count). The SMILES string of the molecule is CCCNC(CCS(C)(=O)=O)C1CCCC(C)C1. The molecule has 0 aromatic carbocycles. The van der Waals surface area contributed by atoms with Gasteiger partial charge >= 0.3 is 0 Å². The van der Waals surface area contributed by atoms with Crippen LogP contribution in [0.5, 0.6) is 0 Å². The highest BCUT2D eigenvalue weighted by molar-refractivity contribution is 7.90. The van der Waals surface area contributed by atoms with E-state index in [2.05, 4.69) is 19.2 Å². The van der Waals surface area contributed by atoms with Gasteiger partial charge in [-0.1, -0.05) is 26.7 Å². The van der Waals surface area contributed by atoms with Crippen molar-refractivity contribution in [3.8, 4) is 0 Å². The highest BCUT2D eigenvalue weighted by atomic mass is 32.2. The molecule has 0 aromatic heterocycles. The third-order valence-electron chi connectivity index (χ3n) is 4.00. The maximum Gasteiger partial charge on any atom is 0.147 e. The summed E-state index contributed by atoms with van der Waals surface area (Å²) < 4.78 is 22.7. The Morgan fingerprint density at radius 3 is 2.61 bits per heavy atom. The summed E-state index contributed by atoms with van der Waals surface area (Å²) in [6.45, 7) is 5.48. The van der Waals surface area contributed by atoms with Crippen LogP contribution in [0.3, 0.4) is 0 Å². The molecule has 1 fully saturated rings. The zero-order valence-electron chi connectivity index (χ0n) is 12.1. The topological polar surface area (TPSA) is 46.2 Å². The molecule has 0 aliphatic heterocycles. The zero-order chi connectivity index (χ0) is 13.6. The van der Waals surface area contributed by atoms with E-state index >= 15 is 0 Å². The molecule has 108 valence electrons. The Kier molecular flexibility index (Phi) is 6.64. The van der Waals surface area contributed by atoms with Gasteiger partial charge in [-0.15, -0.1) is 0 Å². The summed E-state index contributed by atoms with van der Waals surface area (Å²) in [5.74, 6) is 1.79. The minimum absolute atomic E-state index is 0.319. The Balaban J connectivity index is 2.53. The van der Waals surface area contributed by atoms with E-state index < -0.39 is 9.84 Å². The molecular weight excluding hydrogens is 246 g/mol. The Hall–Kier alpha value is -0.0900. The molecule has 1 aliphatic carbocycles. The average molecular weight is 275 g/mol. The van der Waals surface area contributed by atoms with E-state index in [1.807, 2.05) is 0 Å². The van der Waals surface area contributed by atoms with Crippen LogP contribution in [0.1, 0.15) is 52.4 Å². The molecule has 0 radical (unpaired) electrons. The smallest absolute Gasteiger partial charge is 0.147 e. The minimum Gasteiger partial charge on any atom is -0.314 e. The normalized spacial score (nSPS) is 27.1. The Morgan fingerprint density at radius 2 is 2.06 bits per heavy atom. The number of nitrogens with one attached hydrogen (secondary N) is 1. The molecule has 3 nitrogen and oxygen atoms in total. The van der Waals surface area contributed by atoms with E-state index in [4.69, 9.17) is 0 Å². The number of rotatable bonds is 7. The van der Waals surface area contributed by atoms with Crippen LogP contribution < -0.4 is 5.32 Å². The molecular formula is C14H29NO2S. The standard InChI is InChI=1S/C14H29NO2S/c1-4-9-15-14(8-10-18(3,16)17)13-7-5-6-12(2)11-13/h12-15H,4-11H2,1-3H3. The van der Waals surface area contributed by atoms with Gasteiger partial charge in [-0.2, -0.15) is 0 Å². The number of sulfone groups is 1. The fourth-order valence-electron chi connectivity index (χ4n) is 3.02. The van der Waals surface area contributed by atoms with Crippen molar-refractivity contribution in [1.82, 2.24) is 5.32 Å². The van der Waals surface area contributed by atoms with Crippen molar-refractivity contribution < 1.29 is 8.42 Å². The summed E-state index contributed by atoms with van der Waals surface area (Å²) >= 11 is 0. The van der Waals surface area contributed by atoms with E-state index in [0.717, 1.165) is 25.3 Å². The maximum atomic E-state index is 11.3. The molecule has 18 heavy (non-hydrogen) atoms. The molecule has 1 saturated carbocycles. The Bertz CT molecular complexity index is 327. The first-order chi connectivity index (χ1) is 8.42.